The smallest absolute Gasteiger partial charge is 0.299 e. The zero-order chi connectivity index (χ0) is 12.9. The first-order chi connectivity index (χ1) is 7.90. The van der Waals surface area contributed by atoms with Gasteiger partial charge < -0.3 is 0 Å². The SMILES string of the molecule is CCc1ccc(CC(=O)CCC(F)(F)F)cc1. The van der Waals surface area contributed by atoms with Crippen molar-refractivity contribution in [3.05, 3.63) is 35.4 Å². The minimum Gasteiger partial charge on any atom is -0.299 e. The molecule has 0 aliphatic carbocycles. The number of hydrogen-bond donors (Lipinski definition) is 0. The monoisotopic (exact) mass is 244 g/mol. The van der Waals surface area contributed by atoms with Gasteiger partial charge in [-0.2, -0.15) is 13.2 Å². The maximum absolute atomic E-state index is 11.9. The van der Waals surface area contributed by atoms with Crippen molar-refractivity contribution in [2.24, 2.45) is 0 Å². The van der Waals surface area contributed by atoms with E-state index in [0.29, 0.717) is 0 Å². The van der Waals surface area contributed by atoms with Gasteiger partial charge in [-0.1, -0.05) is 31.2 Å². The Labute approximate surface area is 98.6 Å². The number of carbonyl (C=O) groups excluding carboxylic acids is 1. The summed E-state index contributed by atoms with van der Waals surface area (Å²) >= 11 is 0. The lowest BCUT2D eigenvalue weighted by molar-refractivity contribution is -0.143. The molecule has 0 spiro atoms. The molecule has 0 bridgehead atoms. The van der Waals surface area contributed by atoms with Crippen molar-refractivity contribution >= 4 is 5.78 Å². The van der Waals surface area contributed by atoms with Gasteiger partial charge in [0, 0.05) is 12.8 Å². The Kier molecular flexibility index (Phi) is 4.73. The van der Waals surface area contributed by atoms with Gasteiger partial charge in [0.15, 0.2) is 0 Å². The lowest BCUT2D eigenvalue weighted by Gasteiger charge is -2.05. The Balaban J connectivity index is 2.45. The van der Waals surface area contributed by atoms with Crippen LogP contribution in [0.25, 0.3) is 0 Å². The zero-order valence-electron chi connectivity index (χ0n) is 9.68. The van der Waals surface area contributed by atoms with Crippen LogP contribution >= 0.6 is 0 Å². The molecule has 4 heteroatoms. The average Bonchev–Trinajstić information content (AvgIpc) is 2.27. The second kappa shape index (κ2) is 5.84. The van der Waals surface area contributed by atoms with Crippen LogP contribution in [0.1, 0.15) is 30.9 Å². The van der Waals surface area contributed by atoms with Crippen LogP contribution in [-0.4, -0.2) is 12.0 Å². The molecule has 0 heterocycles. The number of halogens is 3. The molecule has 0 aromatic heterocycles. The highest BCUT2D eigenvalue weighted by Crippen LogP contribution is 2.21. The molecule has 1 nitrogen and oxygen atoms in total. The molecule has 94 valence electrons. The Morgan fingerprint density at radius 2 is 1.65 bits per heavy atom. The van der Waals surface area contributed by atoms with E-state index in [-0.39, 0.29) is 12.2 Å². The van der Waals surface area contributed by atoms with Crippen LogP contribution in [0.3, 0.4) is 0 Å². The lowest BCUT2D eigenvalue weighted by Crippen LogP contribution is -2.12. The van der Waals surface area contributed by atoms with E-state index in [1.807, 2.05) is 19.1 Å². The van der Waals surface area contributed by atoms with Crippen LogP contribution in [0.15, 0.2) is 24.3 Å². The highest BCUT2D eigenvalue weighted by Gasteiger charge is 2.27. The summed E-state index contributed by atoms with van der Waals surface area (Å²) in [5.74, 6) is -0.369. The molecule has 17 heavy (non-hydrogen) atoms. The quantitative estimate of drug-likeness (QED) is 0.771. The van der Waals surface area contributed by atoms with Crippen LogP contribution in [-0.2, 0) is 17.6 Å². The molecule has 0 saturated heterocycles. The molecule has 0 unspecified atom stereocenters. The van der Waals surface area contributed by atoms with Gasteiger partial charge in [-0.15, -0.1) is 0 Å². The average molecular weight is 244 g/mol. The predicted molar refractivity (Wildman–Crippen MR) is 59.8 cm³/mol. The molecule has 0 radical (unpaired) electrons. The predicted octanol–water partition coefficient (Wildman–Crippen LogP) is 3.70. The van der Waals surface area contributed by atoms with Crippen molar-refractivity contribution in [3.63, 3.8) is 0 Å². The van der Waals surface area contributed by atoms with Crippen LogP contribution in [0.4, 0.5) is 13.2 Å². The van der Waals surface area contributed by atoms with Gasteiger partial charge in [-0.05, 0) is 17.5 Å². The number of ketones is 1. The second-order valence-corrected chi connectivity index (χ2v) is 4.00. The number of benzene rings is 1. The van der Waals surface area contributed by atoms with E-state index >= 15 is 0 Å². The normalized spacial score (nSPS) is 11.5. The van der Waals surface area contributed by atoms with Gasteiger partial charge >= 0.3 is 6.18 Å². The summed E-state index contributed by atoms with van der Waals surface area (Å²) in [4.78, 5) is 11.3. The third-order valence-electron chi connectivity index (χ3n) is 2.52. The maximum atomic E-state index is 11.9. The fourth-order valence-electron chi connectivity index (χ4n) is 1.49. The Bertz CT molecular complexity index is 365. The van der Waals surface area contributed by atoms with E-state index in [9.17, 15) is 18.0 Å². The molecule has 0 aliphatic rings. The van der Waals surface area contributed by atoms with Crippen LogP contribution < -0.4 is 0 Å². The largest absolute Gasteiger partial charge is 0.389 e. The van der Waals surface area contributed by atoms with Gasteiger partial charge in [0.1, 0.15) is 5.78 Å². The Morgan fingerprint density at radius 3 is 2.12 bits per heavy atom. The summed E-state index contributed by atoms with van der Waals surface area (Å²) in [5, 5.41) is 0. The minimum atomic E-state index is -4.25. The molecule has 1 rings (SSSR count). The first-order valence-electron chi connectivity index (χ1n) is 5.57. The molecule has 0 atom stereocenters. The van der Waals surface area contributed by atoms with Crippen LogP contribution in [0.2, 0.25) is 0 Å². The number of alkyl halides is 3. The van der Waals surface area contributed by atoms with E-state index in [2.05, 4.69) is 0 Å². The van der Waals surface area contributed by atoms with E-state index in [4.69, 9.17) is 0 Å². The van der Waals surface area contributed by atoms with Gasteiger partial charge in [0.2, 0.25) is 0 Å². The van der Waals surface area contributed by atoms with Gasteiger partial charge in [0.05, 0.1) is 6.42 Å². The number of rotatable bonds is 5. The molecule has 0 saturated carbocycles. The van der Waals surface area contributed by atoms with Crippen molar-refractivity contribution < 1.29 is 18.0 Å². The number of Topliss-reactive ketones (excluding diaryl/α,β-unsaturated/α-hetero) is 1. The first kappa shape index (κ1) is 13.7. The van der Waals surface area contributed by atoms with Gasteiger partial charge in [0.25, 0.3) is 0 Å². The standard InChI is InChI=1S/C13H15F3O/c1-2-10-3-5-11(6-4-10)9-12(17)7-8-13(14,15)16/h3-6H,2,7-9H2,1H3. The highest BCUT2D eigenvalue weighted by atomic mass is 19.4. The van der Waals surface area contributed by atoms with Gasteiger partial charge in [-0.25, -0.2) is 0 Å². The van der Waals surface area contributed by atoms with E-state index in [1.165, 1.54) is 0 Å². The lowest BCUT2D eigenvalue weighted by atomic mass is 10.0. The summed E-state index contributed by atoms with van der Waals surface area (Å²) in [7, 11) is 0. The molecule has 1 aromatic rings. The third-order valence-corrected chi connectivity index (χ3v) is 2.52. The molecule has 0 N–H and O–H groups in total. The zero-order valence-corrected chi connectivity index (χ0v) is 9.68. The van der Waals surface area contributed by atoms with E-state index in [0.717, 1.165) is 17.5 Å². The summed E-state index contributed by atoms with van der Waals surface area (Å²) in [6, 6.07) is 7.38. The third kappa shape index (κ3) is 5.52. The summed E-state index contributed by atoms with van der Waals surface area (Å²) < 4.78 is 35.7. The first-order valence-corrected chi connectivity index (χ1v) is 5.57. The fourth-order valence-corrected chi connectivity index (χ4v) is 1.49. The van der Waals surface area contributed by atoms with Crippen molar-refractivity contribution in [1.29, 1.82) is 0 Å². The van der Waals surface area contributed by atoms with Crippen molar-refractivity contribution in [3.8, 4) is 0 Å². The number of hydrogen-bond acceptors (Lipinski definition) is 1. The second-order valence-electron chi connectivity index (χ2n) is 4.00. The minimum absolute atomic E-state index is 0.0834. The molecular weight excluding hydrogens is 229 g/mol. The number of carbonyl (C=O) groups is 1. The van der Waals surface area contributed by atoms with E-state index in [1.54, 1.807) is 12.1 Å². The van der Waals surface area contributed by atoms with Crippen molar-refractivity contribution in [2.45, 2.75) is 38.8 Å². The van der Waals surface area contributed by atoms with Gasteiger partial charge in [-0.3, -0.25) is 4.79 Å². The summed E-state index contributed by atoms with van der Waals surface area (Å²) in [5.41, 5.74) is 1.92. The molecule has 0 aliphatic heterocycles. The molecule has 0 fully saturated rings. The molecule has 0 amide bonds. The topological polar surface area (TPSA) is 17.1 Å². The molecular formula is C13H15F3O. The van der Waals surface area contributed by atoms with Crippen molar-refractivity contribution in [1.82, 2.24) is 0 Å². The number of aryl methyl sites for hydroxylation is 1. The maximum Gasteiger partial charge on any atom is 0.389 e. The summed E-state index contributed by atoms with van der Waals surface area (Å²) in [6.45, 7) is 2.02. The van der Waals surface area contributed by atoms with Crippen LogP contribution in [0.5, 0.6) is 0 Å². The summed E-state index contributed by atoms with van der Waals surface area (Å²) in [6.07, 6.45) is -4.72. The van der Waals surface area contributed by atoms with Crippen molar-refractivity contribution in [2.75, 3.05) is 0 Å². The Morgan fingerprint density at radius 1 is 1.12 bits per heavy atom. The molecule has 1 aromatic carbocycles. The fraction of sp³-hybridized carbons (Fsp3) is 0.462. The Hall–Kier alpha value is -1.32. The highest BCUT2D eigenvalue weighted by molar-refractivity contribution is 5.80. The van der Waals surface area contributed by atoms with E-state index < -0.39 is 19.0 Å². The van der Waals surface area contributed by atoms with Crippen LogP contribution in [0, 0.1) is 0 Å².